The van der Waals surface area contributed by atoms with E-state index in [-0.39, 0.29) is 5.91 Å². The monoisotopic (exact) mass is 224 g/mol. The molecule has 0 aromatic carbocycles. The summed E-state index contributed by atoms with van der Waals surface area (Å²) in [5.41, 5.74) is 0. The number of halogens is 1. The third-order valence-corrected chi connectivity index (χ3v) is 3.29. The first-order chi connectivity index (χ1) is 6.24. The van der Waals surface area contributed by atoms with Gasteiger partial charge in [-0.15, -0.1) is 11.6 Å². The molecule has 1 N–H and O–H groups in total. The van der Waals surface area contributed by atoms with Crippen molar-refractivity contribution in [2.45, 2.75) is 12.8 Å². The fraction of sp³-hybridized carbons (Fsp3) is 0.857. The Balaban J connectivity index is 2.18. The lowest BCUT2D eigenvalue weighted by molar-refractivity contribution is -0.127. The fourth-order valence-electron chi connectivity index (χ4n) is 1.16. The summed E-state index contributed by atoms with van der Waals surface area (Å²) in [4.78, 5) is 12.8. The summed E-state index contributed by atoms with van der Waals surface area (Å²) in [6, 6.07) is 0. The number of amides is 1. The zero-order valence-electron chi connectivity index (χ0n) is 7.29. The molecule has 1 heterocycles. The van der Waals surface area contributed by atoms with E-state index < -0.39 is 11.0 Å². The van der Waals surface area contributed by atoms with Crippen LogP contribution >= 0.6 is 11.6 Å². The quantitative estimate of drug-likeness (QED) is 0.672. The highest BCUT2D eigenvalue weighted by atomic mass is 35.5. The topological polar surface area (TPSA) is 49.4 Å². The normalized spacial score (nSPS) is 19.5. The smallest absolute Gasteiger partial charge is 0.223 e. The van der Waals surface area contributed by atoms with Gasteiger partial charge in [-0.05, 0) is 6.42 Å². The minimum atomic E-state index is -1.11. The lowest BCUT2D eigenvalue weighted by atomic mass is 10.4. The lowest BCUT2D eigenvalue weighted by Gasteiger charge is -2.15. The van der Waals surface area contributed by atoms with Gasteiger partial charge in [0.2, 0.25) is 5.91 Å². The van der Waals surface area contributed by atoms with Crippen molar-refractivity contribution in [1.82, 2.24) is 9.62 Å². The van der Waals surface area contributed by atoms with Gasteiger partial charge in [-0.2, -0.15) is 0 Å². The van der Waals surface area contributed by atoms with Gasteiger partial charge in [0.15, 0.2) is 0 Å². The van der Waals surface area contributed by atoms with Gasteiger partial charge in [0, 0.05) is 18.8 Å². The molecule has 1 atom stereocenters. The number of carbonyl (C=O) groups is 1. The van der Waals surface area contributed by atoms with Crippen LogP contribution in [0.25, 0.3) is 0 Å². The van der Waals surface area contributed by atoms with Crippen LogP contribution in [0.1, 0.15) is 12.8 Å². The molecular weight excluding hydrogens is 212 g/mol. The Labute approximate surface area is 85.2 Å². The second-order valence-corrected chi connectivity index (χ2v) is 4.57. The van der Waals surface area contributed by atoms with Gasteiger partial charge in [0.1, 0.15) is 0 Å². The highest BCUT2D eigenvalue weighted by Crippen LogP contribution is 2.07. The molecule has 0 bridgehead atoms. The average Bonchev–Trinajstić information content (AvgIpc) is 2.48. The molecule has 0 spiro atoms. The zero-order chi connectivity index (χ0) is 9.68. The van der Waals surface area contributed by atoms with Crippen molar-refractivity contribution in [3.8, 4) is 0 Å². The third kappa shape index (κ3) is 3.62. The Kier molecular flexibility index (Phi) is 4.69. The molecule has 13 heavy (non-hydrogen) atoms. The summed E-state index contributed by atoms with van der Waals surface area (Å²) >= 11 is 5.41. The first-order valence-corrected chi connectivity index (χ1v) is 6.05. The van der Waals surface area contributed by atoms with Gasteiger partial charge in [-0.1, -0.05) is 0 Å². The molecule has 76 valence electrons. The number of hydrogen-bond donors (Lipinski definition) is 1. The average molecular weight is 225 g/mol. The van der Waals surface area contributed by atoms with E-state index in [0.29, 0.717) is 24.7 Å². The molecule has 1 rings (SSSR count). The molecule has 0 radical (unpaired) electrons. The number of nitrogens with zero attached hydrogens (tertiary/aromatic N) is 1. The second-order valence-electron chi connectivity index (χ2n) is 2.80. The lowest BCUT2D eigenvalue weighted by Crippen LogP contribution is -2.36. The molecular formula is C7H13ClN2O2S. The molecule has 0 aromatic heterocycles. The van der Waals surface area contributed by atoms with Crippen molar-refractivity contribution in [2.75, 3.05) is 24.8 Å². The zero-order valence-corrected chi connectivity index (χ0v) is 8.86. The van der Waals surface area contributed by atoms with Crippen molar-refractivity contribution in [1.29, 1.82) is 0 Å². The standard InChI is InChI=1S/C7H13ClN2O2S/c8-3-5-13(12)9-6-10-4-1-2-7(10)11/h9H,1-6H2. The summed E-state index contributed by atoms with van der Waals surface area (Å²) in [7, 11) is -1.11. The van der Waals surface area contributed by atoms with Crippen LogP contribution in [0.4, 0.5) is 0 Å². The van der Waals surface area contributed by atoms with E-state index in [2.05, 4.69) is 4.72 Å². The molecule has 1 fully saturated rings. The van der Waals surface area contributed by atoms with Gasteiger partial charge in [-0.3, -0.25) is 4.79 Å². The highest BCUT2D eigenvalue weighted by molar-refractivity contribution is 7.83. The summed E-state index contributed by atoms with van der Waals surface area (Å²) in [6.07, 6.45) is 1.52. The summed E-state index contributed by atoms with van der Waals surface area (Å²) in [5.74, 6) is 0.923. The van der Waals surface area contributed by atoms with E-state index in [0.717, 1.165) is 13.0 Å². The van der Waals surface area contributed by atoms with Gasteiger partial charge in [-0.25, -0.2) is 8.93 Å². The van der Waals surface area contributed by atoms with Crippen LogP contribution < -0.4 is 4.72 Å². The van der Waals surface area contributed by atoms with Gasteiger partial charge in [0.05, 0.1) is 23.4 Å². The number of carbonyl (C=O) groups excluding carboxylic acids is 1. The Morgan fingerprint density at radius 3 is 2.92 bits per heavy atom. The minimum absolute atomic E-state index is 0.135. The van der Waals surface area contributed by atoms with E-state index in [1.807, 2.05) is 0 Å². The van der Waals surface area contributed by atoms with Crippen molar-refractivity contribution < 1.29 is 9.00 Å². The summed E-state index contributed by atoms with van der Waals surface area (Å²) in [6.45, 7) is 1.15. The SMILES string of the molecule is O=C1CCCN1CNS(=O)CCCl. The largest absolute Gasteiger partial charge is 0.329 e. The van der Waals surface area contributed by atoms with Crippen molar-refractivity contribution >= 4 is 28.5 Å². The maximum absolute atomic E-state index is 11.1. The number of likely N-dealkylation sites (tertiary alicyclic amines) is 1. The van der Waals surface area contributed by atoms with Crippen molar-refractivity contribution in [2.24, 2.45) is 0 Å². The predicted molar refractivity (Wildman–Crippen MR) is 52.7 cm³/mol. The number of rotatable bonds is 5. The molecule has 6 heteroatoms. The molecule has 0 saturated carbocycles. The number of alkyl halides is 1. The van der Waals surface area contributed by atoms with Crippen LogP contribution in [0, 0.1) is 0 Å². The van der Waals surface area contributed by atoms with Crippen molar-refractivity contribution in [3.63, 3.8) is 0 Å². The predicted octanol–water partition coefficient (Wildman–Crippen LogP) is 0.0584. The first kappa shape index (κ1) is 10.9. The van der Waals surface area contributed by atoms with Crippen LogP contribution in [0.5, 0.6) is 0 Å². The molecule has 1 aliphatic heterocycles. The summed E-state index contributed by atoms with van der Waals surface area (Å²) in [5, 5.41) is 0. The van der Waals surface area contributed by atoms with E-state index in [1.54, 1.807) is 4.90 Å². The molecule has 1 unspecified atom stereocenters. The van der Waals surface area contributed by atoms with Crippen LogP contribution in [-0.2, 0) is 15.8 Å². The Bertz CT molecular complexity index is 213. The van der Waals surface area contributed by atoms with Gasteiger partial charge in [0.25, 0.3) is 0 Å². The molecule has 1 saturated heterocycles. The second kappa shape index (κ2) is 5.57. The summed E-state index contributed by atoms with van der Waals surface area (Å²) < 4.78 is 13.8. The van der Waals surface area contributed by atoms with Crippen LogP contribution in [0.2, 0.25) is 0 Å². The maximum Gasteiger partial charge on any atom is 0.223 e. The molecule has 1 amide bonds. The fourth-order valence-corrected chi connectivity index (χ4v) is 2.17. The van der Waals surface area contributed by atoms with E-state index in [1.165, 1.54) is 0 Å². The molecule has 1 aliphatic rings. The van der Waals surface area contributed by atoms with Crippen LogP contribution in [-0.4, -0.2) is 39.9 Å². The third-order valence-electron chi connectivity index (χ3n) is 1.85. The Morgan fingerprint density at radius 1 is 1.62 bits per heavy atom. The Hall–Kier alpha value is -0.130. The highest BCUT2D eigenvalue weighted by Gasteiger charge is 2.19. The van der Waals surface area contributed by atoms with E-state index >= 15 is 0 Å². The minimum Gasteiger partial charge on any atom is -0.329 e. The number of nitrogens with one attached hydrogen (secondary N) is 1. The molecule has 0 aliphatic carbocycles. The maximum atomic E-state index is 11.1. The molecule has 0 aromatic rings. The number of hydrogen-bond acceptors (Lipinski definition) is 2. The molecule has 4 nitrogen and oxygen atoms in total. The van der Waals surface area contributed by atoms with Crippen molar-refractivity contribution in [3.05, 3.63) is 0 Å². The Morgan fingerprint density at radius 2 is 2.38 bits per heavy atom. The van der Waals surface area contributed by atoms with Gasteiger partial charge < -0.3 is 4.90 Å². The van der Waals surface area contributed by atoms with Crippen LogP contribution in [0.15, 0.2) is 0 Å². The van der Waals surface area contributed by atoms with E-state index in [4.69, 9.17) is 11.6 Å². The van der Waals surface area contributed by atoms with Crippen LogP contribution in [0.3, 0.4) is 0 Å². The first-order valence-electron chi connectivity index (χ1n) is 4.19. The van der Waals surface area contributed by atoms with Gasteiger partial charge >= 0.3 is 0 Å². The van der Waals surface area contributed by atoms with E-state index in [9.17, 15) is 9.00 Å².